The number of hydrogen-bond donors (Lipinski definition) is 1. The van der Waals surface area contributed by atoms with Crippen molar-refractivity contribution >= 4 is 17.7 Å². The number of carbonyl (C=O) groups is 1. The first-order valence-electron chi connectivity index (χ1n) is 7.29. The molecule has 0 radical (unpaired) electrons. The van der Waals surface area contributed by atoms with E-state index < -0.39 is 17.0 Å². The Morgan fingerprint density at radius 2 is 1.88 bits per heavy atom. The van der Waals surface area contributed by atoms with Crippen LogP contribution in [0, 0.1) is 6.92 Å². The fraction of sp³-hybridized carbons (Fsp3) is 0.294. The first kappa shape index (κ1) is 18.3. The molecule has 1 aromatic carbocycles. The van der Waals surface area contributed by atoms with Crippen LogP contribution in [-0.4, -0.2) is 16.1 Å². The highest BCUT2D eigenvalue weighted by molar-refractivity contribution is 8.00. The molecule has 7 heteroatoms. The molecule has 128 valence electrons. The Kier molecular flexibility index (Phi) is 5.88. The van der Waals surface area contributed by atoms with Crippen molar-refractivity contribution in [2.24, 2.45) is 0 Å². The lowest BCUT2D eigenvalue weighted by Crippen LogP contribution is -2.30. The summed E-state index contributed by atoms with van der Waals surface area (Å²) < 4.78 is 37.5. The monoisotopic (exact) mass is 354 g/mol. The van der Waals surface area contributed by atoms with Gasteiger partial charge in [-0.25, -0.2) is 4.98 Å². The first-order valence-corrected chi connectivity index (χ1v) is 8.17. The minimum absolute atomic E-state index is 0.192. The van der Waals surface area contributed by atoms with E-state index in [9.17, 15) is 18.0 Å². The summed E-state index contributed by atoms with van der Waals surface area (Å²) >= 11 is 1.12. The number of nitrogens with one attached hydrogen (secondary N) is 1. The number of pyridine rings is 1. The molecule has 1 heterocycles. The van der Waals surface area contributed by atoms with Gasteiger partial charge in [0.05, 0.1) is 15.8 Å². The molecule has 0 fully saturated rings. The first-order chi connectivity index (χ1) is 11.3. The molecule has 0 aliphatic rings. The van der Waals surface area contributed by atoms with Crippen LogP contribution >= 0.6 is 11.8 Å². The maximum Gasteiger partial charge on any atom is 0.417 e. The average molecular weight is 354 g/mol. The predicted octanol–water partition coefficient (Wildman–Crippen LogP) is 4.21. The zero-order valence-electron chi connectivity index (χ0n) is 13.2. The summed E-state index contributed by atoms with van der Waals surface area (Å²) in [5.74, 6) is -0.192. The minimum atomic E-state index is -4.41. The molecule has 1 N–H and O–H groups in total. The van der Waals surface area contributed by atoms with Crippen molar-refractivity contribution < 1.29 is 18.0 Å². The molecule has 1 amide bonds. The molecule has 0 aliphatic carbocycles. The third-order valence-electron chi connectivity index (χ3n) is 3.32. The highest BCUT2D eigenvalue weighted by atomic mass is 32.2. The maximum absolute atomic E-state index is 12.5. The fourth-order valence-electron chi connectivity index (χ4n) is 1.89. The smallest absolute Gasteiger partial charge is 0.351 e. The Bertz CT molecular complexity index is 684. The fourth-order valence-corrected chi connectivity index (χ4v) is 2.70. The number of benzene rings is 1. The summed E-state index contributed by atoms with van der Waals surface area (Å²) in [6.07, 6.45) is -3.63. The van der Waals surface area contributed by atoms with Crippen LogP contribution in [0.25, 0.3) is 0 Å². The van der Waals surface area contributed by atoms with Gasteiger partial charge in [-0.15, -0.1) is 0 Å². The predicted molar refractivity (Wildman–Crippen MR) is 87.6 cm³/mol. The molecule has 2 rings (SSSR count). The number of alkyl halides is 3. The lowest BCUT2D eigenvalue weighted by atomic mass is 10.1. The van der Waals surface area contributed by atoms with Crippen molar-refractivity contribution in [3.05, 3.63) is 59.3 Å². The van der Waals surface area contributed by atoms with Crippen molar-refractivity contribution in [3.8, 4) is 0 Å². The zero-order valence-corrected chi connectivity index (χ0v) is 14.0. The molecule has 0 saturated heterocycles. The highest BCUT2D eigenvalue weighted by Crippen LogP contribution is 2.30. The van der Waals surface area contributed by atoms with Gasteiger partial charge in [-0.3, -0.25) is 4.79 Å². The van der Waals surface area contributed by atoms with Crippen LogP contribution in [0.5, 0.6) is 0 Å². The molecule has 1 atom stereocenters. The van der Waals surface area contributed by atoms with Crippen molar-refractivity contribution in [2.45, 2.75) is 36.8 Å². The summed E-state index contributed by atoms with van der Waals surface area (Å²) in [6, 6.07) is 10.0. The van der Waals surface area contributed by atoms with Crippen LogP contribution < -0.4 is 5.32 Å². The van der Waals surface area contributed by atoms with Gasteiger partial charge in [0.1, 0.15) is 0 Å². The quantitative estimate of drug-likeness (QED) is 0.818. The molecule has 0 aliphatic heterocycles. The second kappa shape index (κ2) is 7.70. The van der Waals surface area contributed by atoms with E-state index in [4.69, 9.17) is 0 Å². The van der Waals surface area contributed by atoms with Crippen LogP contribution in [0.1, 0.15) is 23.6 Å². The Morgan fingerprint density at radius 1 is 1.21 bits per heavy atom. The largest absolute Gasteiger partial charge is 0.417 e. The van der Waals surface area contributed by atoms with Crippen molar-refractivity contribution in [1.82, 2.24) is 10.3 Å². The Hall–Kier alpha value is -2.02. The summed E-state index contributed by atoms with van der Waals surface area (Å²) in [5, 5.41) is 2.72. The maximum atomic E-state index is 12.5. The van der Waals surface area contributed by atoms with E-state index in [1.54, 1.807) is 6.92 Å². The molecule has 24 heavy (non-hydrogen) atoms. The third-order valence-corrected chi connectivity index (χ3v) is 4.37. The highest BCUT2D eigenvalue weighted by Gasteiger charge is 2.30. The number of halogens is 3. The van der Waals surface area contributed by atoms with Crippen LogP contribution in [-0.2, 0) is 17.5 Å². The molecule has 0 bridgehead atoms. The number of carbonyl (C=O) groups excluding carboxylic acids is 1. The van der Waals surface area contributed by atoms with Gasteiger partial charge >= 0.3 is 6.18 Å². The average Bonchev–Trinajstić information content (AvgIpc) is 2.53. The van der Waals surface area contributed by atoms with E-state index in [1.807, 2.05) is 31.2 Å². The van der Waals surface area contributed by atoms with Crippen LogP contribution in [0.4, 0.5) is 13.2 Å². The van der Waals surface area contributed by atoms with Crippen LogP contribution in [0.2, 0.25) is 0 Å². The Morgan fingerprint density at radius 3 is 2.42 bits per heavy atom. The van der Waals surface area contributed by atoms with Gasteiger partial charge in [0.15, 0.2) is 0 Å². The molecule has 0 spiro atoms. The molecule has 0 saturated carbocycles. The second-order valence-corrected chi connectivity index (χ2v) is 6.71. The van der Waals surface area contributed by atoms with Gasteiger partial charge in [-0.05, 0) is 31.5 Å². The van der Waals surface area contributed by atoms with Crippen LogP contribution in [0.3, 0.4) is 0 Å². The van der Waals surface area contributed by atoms with Gasteiger partial charge in [-0.2, -0.15) is 13.2 Å². The number of aryl methyl sites for hydroxylation is 1. The van der Waals surface area contributed by atoms with E-state index in [-0.39, 0.29) is 5.91 Å². The van der Waals surface area contributed by atoms with Gasteiger partial charge in [0.2, 0.25) is 5.91 Å². The van der Waals surface area contributed by atoms with Crippen molar-refractivity contribution in [1.29, 1.82) is 0 Å². The zero-order chi connectivity index (χ0) is 17.7. The van der Waals surface area contributed by atoms with Crippen molar-refractivity contribution in [3.63, 3.8) is 0 Å². The summed E-state index contributed by atoms with van der Waals surface area (Å²) in [6.45, 7) is 4.08. The summed E-state index contributed by atoms with van der Waals surface area (Å²) in [7, 11) is 0. The van der Waals surface area contributed by atoms with E-state index >= 15 is 0 Å². The molecular formula is C17H17F3N2OS. The van der Waals surface area contributed by atoms with E-state index in [1.165, 1.54) is 6.07 Å². The number of nitrogens with zero attached hydrogens (tertiary/aromatic N) is 1. The molecule has 3 nitrogen and oxygen atoms in total. The standard InChI is InChI=1S/C17H17F3N2OS/c1-11-3-5-13(6-4-11)9-22-16(23)12(2)24-15-8-7-14(10-21-15)17(18,19)20/h3-8,10,12H,9H2,1-2H3,(H,22,23). The third kappa shape index (κ3) is 5.26. The van der Waals surface area contributed by atoms with E-state index in [0.29, 0.717) is 11.6 Å². The van der Waals surface area contributed by atoms with Gasteiger partial charge in [-0.1, -0.05) is 41.6 Å². The van der Waals surface area contributed by atoms with E-state index in [0.717, 1.165) is 35.2 Å². The number of amides is 1. The minimum Gasteiger partial charge on any atom is -0.351 e. The van der Waals surface area contributed by atoms with Gasteiger partial charge in [0, 0.05) is 12.7 Å². The lowest BCUT2D eigenvalue weighted by Gasteiger charge is -2.12. The summed E-state index contributed by atoms with van der Waals surface area (Å²) in [5.41, 5.74) is 1.32. The number of rotatable bonds is 5. The number of thioether (sulfide) groups is 1. The SMILES string of the molecule is Cc1ccc(CNC(=O)C(C)Sc2ccc(C(F)(F)F)cn2)cc1. The molecular weight excluding hydrogens is 337 g/mol. The molecule has 1 unspecified atom stereocenters. The van der Waals surface area contributed by atoms with E-state index in [2.05, 4.69) is 10.3 Å². The van der Waals surface area contributed by atoms with Crippen molar-refractivity contribution in [2.75, 3.05) is 0 Å². The van der Waals surface area contributed by atoms with Crippen LogP contribution in [0.15, 0.2) is 47.6 Å². The number of hydrogen-bond acceptors (Lipinski definition) is 3. The second-order valence-electron chi connectivity index (χ2n) is 5.35. The Labute approximate surface area is 142 Å². The summed E-state index contributed by atoms with van der Waals surface area (Å²) in [4.78, 5) is 15.8. The molecule has 2 aromatic rings. The van der Waals surface area contributed by atoms with Gasteiger partial charge < -0.3 is 5.32 Å². The van der Waals surface area contributed by atoms with Gasteiger partial charge in [0.25, 0.3) is 0 Å². The normalized spacial score (nSPS) is 12.7. The lowest BCUT2D eigenvalue weighted by molar-refractivity contribution is -0.137. The molecule has 1 aromatic heterocycles. The Balaban J connectivity index is 1.88. The topological polar surface area (TPSA) is 42.0 Å². The number of aromatic nitrogens is 1.